The van der Waals surface area contributed by atoms with Crippen LogP contribution in [0.4, 0.5) is 0 Å². The number of aryl methyl sites for hydroxylation is 2. The maximum Gasteiger partial charge on any atom is 0.230 e. The number of thioether (sulfide) groups is 1. The predicted octanol–water partition coefficient (Wildman–Crippen LogP) is 3.67. The van der Waals surface area contributed by atoms with Crippen LogP contribution in [0, 0.1) is 13.8 Å². The fourth-order valence-electron chi connectivity index (χ4n) is 2.51. The van der Waals surface area contributed by atoms with Gasteiger partial charge in [-0.25, -0.2) is 0 Å². The van der Waals surface area contributed by atoms with E-state index in [0.29, 0.717) is 23.3 Å². The monoisotopic (exact) mass is 420 g/mol. The summed E-state index contributed by atoms with van der Waals surface area (Å²) in [6.45, 7) is 4.52. The van der Waals surface area contributed by atoms with Crippen LogP contribution in [-0.2, 0) is 25.0 Å². The quantitative estimate of drug-likeness (QED) is 0.560. The number of rotatable bonds is 8. The van der Waals surface area contributed by atoms with Crippen LogP contribution in [0.1, 0.15) is 22.7 Å². The number of carbonyl (C=O) groups excluding carboxylic acids is 1. The fourth-order valence-corrected chi connectivity index (χ4v) is 3.38. The van der Waals surface area contributed by atoms with Crippen LogP contribution in [0.15, 0.2) is 40.1 Å². The zero-order chi connectivity index (χ0) is 20.1. The van der Waals surface area contributed by atoms with Crippen molar-refractivity contribution in [3.63, 3.8) is 0 Å². The summed E-state index contributed by atoms with van der Waals surface area (Å²) >= 11 is 7.50. The Hall–Kier alpha value is -2.45. The molecule has 0 unspecified atom stereocenters. The highest BCUT2D eigenvalue weighted by atomic mass is 35.5. The summed E-state index contributed by atoms with van der Waals surface area (Å²) < 4.78 is 12.8. The molecule has 0 aliphatic heterocycles. The highest BCUT2D eigenvalue weighted by Crippen LogP contribution is 2.26. The van der Waals surface area contributed by atoms with Gasteiger partial charge in [0, 0.05) is 12.1 Å². The van der Waals surface area contributed by atoms with Gasteiger partial charge < -0.3 is 19.0 Å². The topological polar surface area (TPSA) is 82.2 Å². The van der Waals surface area contributed by atoms with Gasteiger partial charge in [-0.15, -0.1) is 10.2 Å². The smallest absolute Gasteiger partial charge is 0.230 e. The van der Waals surface area contributed by atoms with E-state index < -0.39 is 0 Å². The van der Waals surface area contributed by atoms with Gasteiger partial charge in [0.25, 0.3) is 0 Å². The lowest BCUT2D eigenvalue weighted by molar-refractivity contribution is -0.118. The Morgan fingerprint density at radius 3 is 2.75 bits per heavy atom. The minimum atomic E-state index is -0.102. The summed E-state index contributed by atoms with van der Waals surface area (Å²) in [6.07, 6.45) is 1.58. The number of nitrogens with zero attached hydrogens (tertiary/aromatic N) is 3. The number of halogens is 1. The third-order valence-electron chi connectivity index (χ3n) is 4.08. The van der Waals surface area contributed by atoms with E-state index in [1.807, 2.05) is 43.7 Å². The lowest BCUT2D eigenvalue weighted by atomic mass is 10.1. The summed E-state index contributed by atoms with van der Waals surface area (Å²) in [5, 5.41) is 12.5. The Balaban J connectivity index is 1.51. The van der Waals surface area contributed by atoms with Crippen molar-refractivity contribution in [3.8, 4) is 5.75 Å². The normalized spacial score (nSPS) is 10.9. The van der Waals surface area contributed by atoms with Crippen LogP contribution in [0.3, 0.4) is 0 Å². The average Bonchev–Trinajstić information content (AvgIpc) is 3.31. The first-order valence-corrected chi connectivity index (χ1v) is 10.00. The largest absolute Gasteiger partial charge is 0.486 e. The van der Waals surface area contributed by atoms with E-state index in [9.17, 15) is 4.79 Å². The van der Waals surface area contributed by atoms with Gasteiger partial charge >= 0.3 is 0 Å². The van der Waals surface area contributed by atoms with Crippen LogP contribution in [0.5, 0.6) is 5.75 Å². The lowest BCUT2D eigenvalue weighted by Crippen LogP contribution is -2.24. The van der Waals surface area contributed by atoms with Gasteiger partial charge in [-0.1, -0.05) is 23.4 Å². The second kappa shape index (κ2) is 9.16. The van der Waals surface area contributed by atoms with Crippen molar-refractivity contribution in [3.05, 3.63) is 58.3 Å². The molecule has 0 aliphatic carbocycles. The molecular formula is C19H21ClN4O3S. The number of hydrogen-bond donors (Lipinski definition) is 1. The van der Waals surface area contributed by atoms with Crippen LogP contribution >= 0.6 is 23.4 Å². The van der Waals surface area contributed by atoms with E-state index in [4.69, 9.17) is 20.8 Å². The first kappa shape index (κ1) is 20.3. The van der Waals surface area contributed by atoms with E-state index in [-0.39, 0.29) is 18.3 Å². The minimum absolute atomic E-state index is 0.102. The Morgan fingerprint density at radius 2 is 2.07 bits per heavy atom. The number of hydrogen-bond acceptors (Lipinski definition) is 6. The second-order valence-electron chi connectivity index (χ2n) is 6.26. The predicted molar refractivity (Wildman–Crippen MR) is 108 cm³/mol. The fraction of sp³-hybridized carbons (Fsp3) is 0.316. The van der Waals surface area contributed by atoms with Crippen LogP contribution < -0.4 is 10.1 Å². The molecule has 1 N–H and O–H groups in total. The summed E-state index contributed by atoms with van der Waals surface area (Å²) in [6, 6.07) is 7.38. The maximum atomic E-state index is 12.0. The number of amides is 1. The molecule has 0 fully saturated rings. The molecule has 1 aromatic carbocycles. The van der Waals surface area contributed by atoms with Gasteiger partial charge in [0.1, 0.15) is 18.1 Å². The third-order valence-corrected chi connectivity index (χ3v) is 5.69. The van der Waals surface area contributed by atoms with Crippen molar-refractivity contribution in [2.24, 2.45) is 7.05 Å². The van der Waals surface area contributed by atoms with E-state index in [0.717, 1.165) is 21.9 Å². The molecular weight excluding hydrogens is 400 g/mol. The molecule has 1 amide bonds. The maximum absolute atomic E-state index is 12.0. The van der Waals surface area contributed by atoms with Gasteiger partial charge in [-0.3, -0.25) is 4.79 Å². The molecule has 28 heavy (non-hydrogen) atoms. The van der Waals surface area contributed by atoms with Crippen molar-refractivity contribution >= 4 is 29.3 Å². The highest BCUT2D eigenvalue weighted by Gasteiger charge is 2.13. The van der Waals surface area contributed by atoms with Gasteiger partial charge in [0.2, 0.25) is 5.91 Å². The molecule has 0 saturated carbocycles. The van der Waals surface area contributed by atoms with Crippen molar-refractivity contribution < 1.29 is 13.9 Å². The molecule has 0 aliphatic rings. The Morgan fingerprint density at radius 1 is 1.32 bits per heavy atom. The van der Waals surface area contributed by atoms with E-state index in [1.54, 1.807) is 12.3 Å². The molecule has 3 rings (SSSR count). The standard InChI is InChI=1S/C19H21ClN4O3S/c1-12-7-15(8-13(2)18(12)20)27-10-16-22-23-19(24(16)3)28-11-17(25)21-9-14-5-4-6-26-14/h4-8H,9-11H2,1-3H3,(H,21,25). The van der Waals surface area contributed by atoms with Crippen LogP contribution in [0.2, 0.25) is 5.02 Å². The van der Waals surface area contributed by atoms with E-state index in [1.165, 1.54) is 11.8 Å². The van der Waals surface area contributed by atoms with Crippen molar-refractivity contribution in [1.82, 2.24) is 20.1 Å². The molecule has 2 aromatic heterocycles. The average molecular weight is 421 g/mol. The van der Waals surface area contributed by atoms with Crippen molar-refractivity contribution in [1.29, 1.82) is 0 Å². The summed E-state index contributed by atoms with van der Waals surface area (Å²) in [4.78, 5) is 12.0. The third kappa shape index (κ3) is 5.08. The van der Waals surface area contributed by atoms with Crippen LogP contribution in [-0.4, -0.2) is 26.4 Å². The number of nitrogens with one attached hydrogen (secondary N) is 1. The lowest BCUT2D eigenvalue weighted by Gasteiger charge is -2.10. The highest BCUT2D eigenvalue weighted by molar-refractivity contribution is 7.99. The van der Waals surface area contributed by atoms with Crippen molar-refractivity contribution in [2.45, 2.75) is 32.2 Å². The van der Waals surface area contributed by atoms with Gasteiger partial charge in [0.15, 0.2) is 11.0 Å². The molecule has 0 radical (unpaired) electrons. The summed E-state index contributed by atoms with van der Waals surface area (Å²) in [7, 11) is 1.85. The molecule has 7 nitrogen and oxygen atoms in total. The molecule has 0 saturated heterocycles. The number of ether oxygens (including phenoxy) is 1. The number of benzene rings is 1. The Kier molecular flexibility index (Phi) is 6.64. The Labute approximate surface area is 172 Å². The SMILES string of the molecule is Cc1cc(OCc2nnc(SCC(=O)NCc3ccco3)n2C)cc(C)c1Cl. The van der Waals surface area contributed by atoms with E-state index >= 15 is 0 Å². The van der Waals surface area contributed by atoms with Gasteiger partial charge in [-0.2, -0.15) is 0 Å². The first-order chi connectivity index (χ1) is 13.4. The number of carbonyl (C=O) groups is 1. The summed E-state index contributed by atoms with van der Waals surface area (Å²) in [5.74, 6) is 2.25. The molecule has 2 heterocycles. The van der Waals surface area contributed by atoms with Crippen molar-refractivity contribution in [2.75, 3.05) is 5.75 Å². The van der Waals surface area contributed by atoms with Crippen LogP contribution in [0.25, 0.3) is 0 Å². The molecule has 9 heteroatoms. The zero-order valence-electron chi connectivity index (χ0n) is 15.9. The molecule has 0 atom stereocenters. The van der Waals surface area contributed by atoms with E-state index in [2.05, 4.69) is 15.5 Å². The minimum Gasteiger partial charge on any atom is -0.486 e. The first-order valence-electron chi connectivity index (χ1n) is 8.63. The number of furan rings is 1. The van der Waals surface area contributed by atoms with Gasteiger partial charge in [-0.05, 0) is 49.2 Å². The summed E-state index contributed by atoms with van der Waals surface area (Å²) in [5.41, 5.74) is 1.93. The molecule has 0 bridgehead atoms. The zero-order valence-corrected chi connectivity index (χ0v) is 17.4. The molecule has 0 spiro atoms. The van der Waals surface area contributed by atoms with Gasteiger partial charge in [0.05, 0.1) is 18.6 Å². The molecule has 148 valence electrons. The molecule has 3 aromatic rings. The number of aromatic nitrogens is 3. The Bertz CT molecular complexity index is 933. The second-order valence-corrected chi connectivity index (χ2v) is 7.58.